The molecule has 1 saturated heterocycles. The maximum absolute atomic E-state index is 12.9. The van der Waals surface area contributed by atoms with Crippen molar-refractivity contribution in [1.82, 2.24) is 15.2 Å². The van der Waals surface area contributed by atoms with Crippen LogP contribution in [0.5, 0.6) is 0 Å². The number of piperazine rings is 1. The number of aromatic nitrogens is 1. The van der Waals surface area contributed by atoms with Crippen molar-refractivity contribution in [2.45, 2.75) is 50.6 Å². The van der Waals surface area contributed by atoms with E-state index in [2.05, 4.69) is 10.3 Å². The maximum Gasteiger partial charge on any atom is 0.249 e. The van der Waals surface area contributed by atoms with E-state index in [4.69, 9.17) is 0 Å². The number of nitrogens with one attached hydrogen (secondary N) is 1. The van der Waals surface area contributed by atoms with Crippen LogP contribution in [0.3, 0.4) is 0 Å². The van der Waals surface area contributed by atoms with Crippen LogP contribution in [0.2, 0.25) is 0 Å². The molecule has 0 radical (unpaired) electrons. The number of hydrogen-bond donors (Lipinski definition) is 1. The summed E-state index contributed by atoms with van der Waals surface area (Å²) in [6.07, 6.45) is 6.42. The Morgan fingerprint density at radius 1 is 1.35 bits per heavy atom. The lowest BCUT2D eigenvalue weighted by molar-refractivity contribution is -0.153. The van der Waals surface area contributed by atoms with Crippen molar-refractivity contribution in [3.8, 4) is 0 Å². The zero-order chi connectivity index (χ0) is 14.2. The Bertz CT molecular complexity index is 508. The fraction of sp³-hybridized carbons (Fsp3) is 0.643. The summed E-state index contributed by atoms with van der Waals surface area (Å²) in [4.78, 5) is 30.9. The van der Waals surface area contributed by atoms with Gasteiger partial charge < -0.3 is 10.2 Å². The van der Waals surface area contributed by atoms with Gasteiger partial charge in [0.1, 0.15) is 17.1 Å². The summed E-state index contributed by atoms with van der Waals surface area (Å²) < 4.78 is 0. The van der Waals surface area contributed by atoms with Gasteiger partial charge in [0, 0.05) is 11.6 Å². The highest BCUT2D eigenvalue weighted by Gasteiger charge is 2.48. The minimum Gasteiger partial charge on any atom is -0.340 e. The molecule has 1 unspecified atom stereocenters. The lowest BCUT2D eigenvalue weighted by Gasteiger charge is -2.45. The Balaban J connectivity index is 1.87. The maximum atomic E-state index is 12.9. The van der Waals surface area contributed by atoms with Crippen LogP contribution in [-0.2, 0) is 9.59 Å². The standard InChI is InChI=1S/C14H19N3O2S/c1-10(12-15-7-8-20-12)17-9-11(18)16-14(13(17)19)5-3-2-4-6-14/h7-8,10H,2-6,9H2,1H3,(H,16,18). The first-order valence-corrected chi connectivity index (χ1v) is 8.02. The number of amides is 2. The van der Waals surface area contributed by atoms with Gasteiger partial charge >= 0.3 is 0 Å². The highest BCUT2D eigenvalue weighted by Crippen LogP contribution is 2.35. The number of rotatable bonds is 2. The normalized spacial score (nSPS) is 23.8. The Labute approximate surface area is 122 Å². The molecule has 1 aliphatic heterocycles. The van der Waals surface area contributed by atoms with E-state index in [0.29, 0.717) is 0 Å². The largest absolute Gasteiger partial charge is 0.340 e. The molecule has 1 aliphatic carbocycles. The third kappa shape index (κ3) is 2.22. The van der Waals surface area contributed by atoms with E-state index in [1.165, 1.54) is 11.3 Å². The second-order valence-corrected chi connectivity index (χ2v) is 6.60. The zero-order valence-corrected chi connectivity index (χ0v) is 12.4. The summed E-state index contributed by atoms with van der Waals surface area (Å²) in [5.41, 5.74) is -0.654. The van der Waals surface area contributed by atoms with E-state index in [-0.39, 0.29) is 24.4 Å². The van der Waals surface area contributed by atoms with Gasteiger partial charge in [0.15, 0.2) is 0 Å². The Kier molecular flexibility index (Phi) is 3.50. The molecule has 20 heavy (non-hydrogen) atoms. The number of thiazole rings is 1. The van der Waals surface area contributed by atoms with Crippen molar-refractivity contribution >= 4 is 23.2 Å². The van der Waals surface area contributed by atoms with Crippen molar-refractivity contribution in [3.05, 3.63) is 16.6 Å². The minimum atomic E-state index is -0.654. The Morgan fingerprint density at radius 3 is 2.75 bits per heavy atom. The fourth-order valence-corrected chi connectivity index (χ4v) is 3.95. The lowest BCUT2D eigenvalue weighted by Crippen LogP contribution is -2.67. The summed E-state index contributed by atoms with van der Waals surface area (Å²) in [7, 11) is 0. The van der Waals surface area contributed by atoms with Crippen LogP contribution in [-0.4, -0.2) is 33.8 Å². The molecule has 2 heterocycles. The average Bonchev–Trinajstić information content (AvgIpc) is 2.97. The Morgan fingerprint density at radius 2 is 2.10 bits per heavy atom. The first-order valence-electron chi connectivity index (χ1n) is 7.14. The predicted molar refractivity (Wildman–Crippen MR) is 76.2 cm³/mol. The second-order valence-electron chi connectivity index (χ2n) is 5.67. The van der Waals surface area contributed by atoms with Gasteiger partial charge in [0.05, 0.1) is 6.04 Å². The molecule has 1 N–H and O–H groups in total. The molecular formula is C14H19N3O2S. The van der Waals surface area contributed by atoms with E-state index in [0.717, 1.165) is 37.1 Å². The third-order valence-electron chi connectivity index (χ3n) is 4.35. The summed E-state index contributed by atoms with van der Waals surface area (Å²) in [6.45, 7) is 2.09. The molecule has 0 bridgehead atoms. The van der Waals surface area contributed by atoms with Crippen LogP contribution >= 0.6 is 11.3 Å². The van der Waals surface area contributed by atoms with Gasteiger partial charge in [-0.15, -0.1) is 11.3 Å². The number of carbonyl (C=O) groups excluding carboxylic acids is 2. The first-order chi connectivity index (χ1) is 9.62. The van der Waals surface area contributed by atoms with Gasteiger partial charge in [-0.25, -0.2) is 4.98 Å². The molecule has 1 aromatic heterocycles. The number of carbonyl (C=O) groups is 2. The summed E-state index contributed by atoms with van der Waals surface area (Å²) >= 11 is 1.53. The summed E-state index contributed by atoms with van der Waals surface area (Å²) in [5.74, 6) is 0.0226. The van der Waals surface area contributed by atoms with Crippen molar-refractivity contribution < 1.29 is 9.59 Å². The smallest absolute Gasteiger partial charge is 0.249 e. The predicted octanol–water partition coefficient (Wildman–Crippen LogP) is 1.87. The molecule has 1 aromatic rings. The molecule has 1 saturated carbocycles. The molecule has 2 amide bonds. The monoisotopic (exact) mass is 293 g/mol. The van der Waals surface area contributed by atoms with Crippen LogP contribution in [0.1, 0.15) is 50.1 Å². The van der Waals surface area contributed by atoms with Gasteiger partial charge in [-0.05, 0) is 19.8 Å². The second kappa shape index (κ2) is 5.16. The first kappa shape index (κ1) is 13.5. The molecule has 2 aliphatic rings. The van der Waals surface area contributed by atoms with Crippen LogP contribution in [0.15, 0.2) is 11.6 Å². The van der Waals surface area contributed by atoms with E-state index in [1.54, 1.807) is 11.1 Å². The van der Waals surface area contributed by atoms with Gasteiger partial charge in [-0.2, -0.15) is 0 Å². The van der Waals surface area contributed by atoms with Gasteiger partial charge in [-0.3, -0.25) is 9.59 Å². The van der Waals surface area contributed by atoms with Crippen LogP contribution < -0.4 is 5.32 Å². The van der Waals surface area contributed by atoms with Gasteiger partial charge in [0.2, 0.25) is 11.8 Å². The SMILES string of the molecule is CC(c1nccs1)N1CC(=O)NC2(CCCCC2)C1=O. The van der Waals surface area contributed by atoms with Crippen molar-refractivity contribution in [2.75, 3.05) is 6.54 Å². The van der Waals surface area contributed by atoms with Crippen molar-refractivity contribution in [3.63, 3.8) is 0 Å². The minimum absolute atomic E-state index is 0.0464. The van der Waals surface area contributed by atoms with Gasteiger partial charge in [-0.1, -0.05) is 19.3 Å². The molecule has 2 fully saturated rings. The molecule has 3 rings (SSSR count). The van der Waals surface area contributed by atoms with E-state index in [1.807, 2.05) is 12.3 Å². The third-order valence-corrected chi connectivity index (χ3v) is 5.29. The van der Waals surface area contributed by atoms with Gasteiger partial charge in [0.25, 0.3) is 0 Å². The topological polar surface area (TPSA) is 62.3 Å². The highest BCUT2D eigenvalue weighted by molar-refractivity contribution is 7.09. The van der Waals surface area contributed by atoms with Crippen LogP contribution in [0, 0.1) is 0 Å². The van der Waals surface area contributed by atoms with Crippen molar-refractivity contribution in [1.29, 1.82) is 0 Å². The van der Waals surface area contributed by atoms with Crippen LogP contribution in [0.25, 0.3) is 0 Å². The zero-order valence-electron chi connectivity index (χ0n) is 11.6. The van der Waals surface area contributed by atoms with E-state index < -0.39 is 5.54 Å². The van der Waals surface area contributed by atoms with Crippen LogP contribution in [0.4, 0.5) is 0 Å². The lowest BCUT2D eigenvalue weighted by atomic mass is 9.79. The molecule has 1 atom stereocenters. The Hall–Kier alpha value is -1.43. The van der Waals surface area contributed by atoms with E-state index >= 15 is 0 Å². The number of nitrogens with zero attached hydrogens (tertiary/aromatic N) is 2. The van der Waals surface area contributed by atoms with Crippen molar-refractivity contribution in [2.24, 2.45) is 0 Å². The molecule has 108 valence electrons. The molecule has 0 aromatic carbocycles. The quantitative estimate of drug-likeness (QED) is 0.905. The molecule has 1 spiro atoms. The summed E-state index contributed by atoms with van der Waals surface area (Å²) in [6, 6.07) is -0.132. The van der Waals surface area contributed by atoms with E-state index in [9.17, 15) is 9.59 Å². The summed E-state index contributed by atoms with van der Waals surface area (Å²) in [5, 5.41) is 5.75. The fourth-order valence-electron chi connectivity index (χ4n) is 3.24. The molecule has 6 heteroatoms. The average molecular weight is 293 g/mol. The number of hydrogen-bond acceptors (Lipinski definition) is 4. The highest BCUT2D eigenvalue weighted by atomic mass is 32.1. The molecular weight excluding hydrogens is 274 g/mol. The molecule has 5 nitrogen and oxygen atoms in total.